The number of hydrogen-bond donors (Lipinski definition) is 0. The van der Waals surface area contributed by atoms with E-state index in [0.717, 1.165) is 41.5 Å². The summed E-state index contributed by atoms with van der Waals surface area (Å²) in [6.07, 6.45) is -3.16. The Hall–Kier alpha value is -3.30. The average molecular weight is 436 g/mol. The first-order valence-electron chi connectivity index (χ1n) is 9.84. The van der Waals surface area contributed by atoms with Gasteiger partial charge in [0.25, 0.3) is 5.91 Å². The summed E-state index contributed by atoms with van der Waals surface area (Å²) in [5.74, 6) is -0.0984. The van der Waals surface area contributed by atoms with Crippen LogP contribution in [0.2, 0.25) is 0 Å². The molecule has 1 unspecified atom stereocenters. The van der Waals surface area contributed by atoms with Gasteiger partial charge in [-0.1, -0.05) is 0 Å². The van der Waals surface area contributed by atoms with Crippen molar-refractivity contribution in [2.45, 2.75) is 39.7 Å². The minimum Gasteiger partial charge on any atom is -0.406 e. The van der Waals surface area contributed by atoms with E-state index in [9.17, 15) is 22.8 Å². The predicted molar refractivity (Wildman–Crippen MR) is 109 cm³/mol. The molecule has 0 aliphatic carbocycles. The highest BCUT2D eigenvalue weighted by Gasteiger charge is 2.43. The summed E-state index contributed by atoms with van der Waals surface area (Å²) < 4.78 is 40.9. The van der Waals surface area contributed by atoms with Crippen molar-refractivity contribution in [2.75, 3.05) is 22.9 Å². The SMILES string of the molecule is CCN(CC)c1cc(CN2C(=O)N(c3ccc(OC(F)(F)F)cc3)C(=O)C2C)ccn1. The topological polar surface area (TPSA) is 66.0 Å². The van der Waals surface area contributed by atoms with E-state index in [1.807, 2.05) is 19.9 Å². The zero-order valence-corrected chi connectivity index (χ0v) is 17.4. The number of hydrogen-bond acceptors (Lipinski definition) is 5. The molecule has 0 bridgehead atoms. The van der Waals surface area contributed by atoms with Crippen LogP contribution in [0.15, 0.2) is 42.6 Å². The zero-order valence-electron chi connectivity index (χ0n) is 17.4. The molecule has 1 aliphatic heterocycles. The maximum Gasteiger partial charge on any atom is 0.573 e. The summed E-state index contributed by atoms with van der Waals surface area (Å²) in [6.45, 7) is 7.43. The molecular weight excluding hydrogens is 413 g/mol. The van der Waals surface area contributed by atoms with E-state index in [1.165, 1.54) is 17.0 Å². The highest BCUT2D eigenvalue weighted by molar-refractivity contribution is 6.21. The van der Waals surface area contributed by atoms with Gasteiger partial charge < -0.3 is 14.5 Å². The summed E-state index contributed by atoms with van der Waals surface area (Å²) >= 11 is 0. The molecule has 10 heteroatoms. The summed E-state index contributed by atoms with van der Waals surface area (Å²) in [5, 5.41) is 0. The fourth-order valence-electron chi connectivity index (χ4n) is 3.42. The first-order valence-corrected chi connectivity index (χ1v) is 9.84. The van der Waals surface area contributed by atoms with Crippen molar-refractivity contribution in [3.63, 3.8) is 0 Å². The van der Waals surface area contributed by atoms with E-state index in [1.54, 1.807) is 19.2 Å². The van der Waals surface area contributed by atoms with Gasteiger partial charge in [-0.25, -0.2) is 14.7 Å². The standard InChI is InChI=1S/C21H23F3N4O3/c1-4-26(5-2)18-12-15(10-11-25-18)13-27-14(3)19(29)28(20(27)30)16-6-8-17(9-7-16)31-21(22,23)24/h6-12,14H,4-5,13H2,1-3H3. The minimum absolute atomic E-state index is 0.178. The molecule has 0 N–H and O–H groups in total. The molecule has 166 valence electrons. The van der Waals surface area contributed by atoms with E-state index < -0.39 is 30.1 Å². The van der Waals surface area contributed by atoms with Crippen LogP contribution in [-0.2, 0) is 11.3 Å². The molecule has 3 amide bonds. The van der Waals surface area contributed by atoms with E-state index in [2.05, 4.69) is 14.6 Å². The van der Waals surface area contributed by atoms with Crippen molar-refractivity contribution < 1.29 is 27.5 Å². The smallest absolute Gasteiger partial charge is 0.406 e. The third-order valence-electron chi connectivity index (χ3n) is 5.06. The van der Waals surface area contributed by atoms with Crippen molar-refractivity contribution in [2.24, 2.45) is 0 Å². The number of urea groups is 1. The van der Waals surface area contributed by atoms with Crippen LogP contribution < -0.4 is 14.5 Å². The lowest BCUT2D eigenvalue weighted by Gasteiger charge is -2.22. The Bertz CT molecular complexity index is 946. The minimum atomic E-state index is -4.82. The van der Waals surface area contributed by atoms with Crippen molar-refractivity contribution in [1.82, 2.24) is 9.88 Å². The monoisotopic (exact) mass is 436 g/mol. The normalized spacial score (nSPS) is 16.8. The lowest BCUT2D eigenvalue weighted by molar-refractivity contribution is -0.274. The maximum absolute atomic E-state index is 13.0. The Morgan fingerprint density at radius 3 is 2.32 bits per heavy atom. The number of aromatic nitrogens is 1. The van der Waals surface area contributed by atoms with Crippen molar-refractivity contribution in [1.29, 1.82) is 0 Å². The number of carbonyl (C=O) groups is 2. The summed E-state index contributed by atoms with van der Waals surface area (Å²) in [5.41, 5.74) is 0.998. The van der Waals surface area contributed by atoms with E-state index in [4.69, 9.17) is 0 Å². The van der Waals surface area contributed by atoms with E-state index >= 15 is 0 Å². The molecular formula is C21H23F3N4O3. The molecule has 0 radical (unpaired) electrons. The van der Waals surface area contributed by atoms with Crippen LogP contribution in [-0.4, -0.2) is 47.3 Å². The highest BCUT2D eigenvalue weighted by Crippen LogP contribution is 2.30. The summed E-state index contributed by atoms with van der Waals surface area (Å²) in [6, 6.07) is 7.03. The second kappa shape index (κ2) is 8.83. The first kappa shape index (κ1) is 22.4. The van der Waals surface area contributed by atoms with Crippen LogP contribution >= 0.6 is 0 Å². The number of benzene rings is 1. The van der Waals surface area contributed by atoms with Crippen molar-refractivity contribution in [3.05, 3.63) is 48.2 Å². The zero-order chi connectivity index (χ0) is 22.8. The van der Waals surface area contributed by atoms with Crippen LogP contribution in [0.1, 0.15) is 26.3 Å². The number of ether oxygens (including phenoxy) is 1. The van der Waals surface area contributed by atoms with Crippen LogP contribution in [0.4, 0.5) is 29.5 Å². The first-order chi connectivity index (χ1) is 14.6. The van der Waals surface area contributed by atoms with Gasteiger partial charge >= 0.3 is 12.4 Å². The highest BCUT2D eigenvalue weighted by atomic mass is 19.4. The summed E-state index contributed by atoms with van der Waals surface area (Å²) in [7, 11) is 0. The Kier molecular flexibility index (Phi) is 6.37. The van der Waals surface area contributed by atoms with Crippen molar-refractivity contribution in [3.8, 4) is 5.75 Å². The molecule has 1 atom stereocenters. The molecule has 2 aromatic rings. The predicted octanol–water partition coefficient (Wildman–Crippen LogP) is 4.18. The third-order valence-corrected chi connectivity index (χ3v) is 5.06. The molecule has 1 aliphatic rings. The Morgan fingerprint density at radius 1 is 1.10 bits per heavy atom. The van der Waals surface area contributed by atoms with Gasteiger partial charge in [-0.05, 0) is 62.7 Å². The molecule has 1 aromatic heterocycles. The molecule has 1 fully saturated rings. The number of rotatable bonds is 7. The van der Waals surface area contributed by atoms with E-state index in [0.29, 0.717) is 0 Å². The van der Waals surface area contributed by atoms with Crippen LogP contribution in [0.3, 0.4) is 0 Å². The number of carbonyl (C=O) groups excluding carboxylic acids is 2. The van der Waals surface area contributed by atoms with Gasteiger partial charge in [0.2, 0.25) is 0 Å². The lowest BCUT2D eigenvalue weighted by Crippen LogP contribution is -2.33. The van der Waals surface area contributed by atoms with Gasteiger partial charge in [0, 0.05) is 25.8 Å². The van der Waals surface area contributed by atoms with E-state index in [-0.39, 0.29) is 12.2 Å². The lowest BCUT2D eigenvalue weighted by atomic mass is 10.2. The fourth-order valence-corrected chi connectivity index (χ4v) is 3.42. The summed E-state index contributed by atoms with van der Waals surface area (Å²) in [4.78, 5) is 34.5. The molecule has 7 nitrogen and oxygen atoms in total. The number of amides is 3. The van der Waals surface area contributed by atoms with Gasteiger partial charge in [0.15, 0.2) is 0 Å². The third kappa shape index (κ3) is 4.89. The van der Waals surface area contributed by atoms with Crippen LogP contribution in [0.5, 0.6) is 5.75 Å². The Balaban J connectivity index is 1.79. The average Bonchev–Trinajstić information content (AvgIpc) is 2.92. The Labute approximate surface area is 178 Å². The molecule has 0 saturated carbocycles. The van der Waals surface area contributed by atoms with Gasteiger partial charge in [-0.2, -0.15) is 0 Å². The molecule has 2 heterocycles. The fraction of sp³-hybridized carbons (Fsp3) is 0.381. The molecule has 0 spiro atoms. The van der Waals surface area contributed by atoms with Gasteiger partial charge in [-0.15, -0.1) is 13.2 Å². The largest absolute Gasteiger partial charge is 0.573 e. The number of nitrogens with zero attached hydrogens (tertiary/aromatic N) is 4. The molecule has 1 saturated heterocycles. The molecule has 3 rings (SSSR count). The van der Waals surface area contributed by atoms with Crippen molar-refractivity contribution >= 4 is 23.4 Å². The Morgan fingerprint density at radius 2 is 1.74 bits per heavy atom. The van der Waals surface area contributed by atoms with Gasteiger partial charge in [0.1, 0.15) is 17.6 Å². The van der Waals surface area contributed by atoms with Crippen LogP contribution in [0.25, 0.3) is 0 Å². The van der Waals surface area contributed by atoms with Gasteiger partial charge in [-0.3, -0.25) is 4.79 Å². The van der Waals surface area contributed by atoms with Crippen LogP contribution in [0, 0.1) is 0 Å². The second-order valence-corrected chi connectivity index (χ2v) is 7.00. The number of alkyl halides is 3. The number of imide groups is 1. The number of pyridine rings is 1. The molecule has 31 heavy (non-hydrogen) atoms. The van der Waals surface area contributed by atoms with Gasteiger partial charge in [0.05, 0.1) is 5.69 Å². The molecule has 1 aromatic carbocycles. The number of anilines is 2. The second-order valence-electron chi connectivity index (χ2n) is 7.00. The number of halogens is 3. The quantitative estimate of drug-likeness (QED) is 0.609. The maximum atomic E-state index is 13.0.